The topological polar surface area (TPSA) is 55.8 Å². The molecule has 7 heteroatoms. The molecule has 0 atom stereocenters. The van der Waals surface area contributed by atoms with Gasteiger partial charge in [-0.25, -0.2) is 8.42 Å². The van der Waals surface area contributed by atoms with Gasteiger partial charge in [-0.1, -0.05) is 59.7 Å². The van der Waals surface area contributed by atoms with Crippen LogP contribution in [0.4, 0.5) is 5.69 Å². The Kier molecular flexibility index (Phi) is 8.06. The number of nitrogens with zero attached hydrogens (tertiary/aromatic N) is 2. The first kappa shape index (κ1) is 28.0. The van der Waals surface area contributed by atoms with Gasteiger partial charge in [-0.2, -0.15) is 0 Å². The van der Waals surface area contributed by atoms with E-state index in [1.165, 1.54) is 21.0 Å². The molecule has 4 aromatic rings. The maximum Gasteiger partial charge on any atom is 0.264 e. The predicted molar refractivity (Wildman–Crippen MR) is 161 cm³/mol. The van der Waals surface area contributed by atoms with Crippen LogP contribution in [0.5, 0.6) is 11.5 Å². The van der Waals surface area contributed by atoms with Crippen LogP contribution < -0.4 is 13.8 Å². The molecule has 5 rings (SSSR count). The van der Waals surface area contributed by atoms with Crippen LogP contribution in [0.1, 0.15) is 37.0 Å². The van der Waals surface area contributed by atoms with Gasteiger partial charge in [0.1, 0.15) is 6.54 Å². The Balaban J connectivity index is 1.44. The number of rotatable bonds is 11. The first-order valence-corrected chi connectivity index (χ1v) is 15.5. The molecule has 0 aromatic heterocycles. The molecule has 1 aliphatic heterocycles. The smallest absolute Gasteiger partial charge is 0.264 e. The van der Waals surface area contributed by atoms with Crippen molar-refractivity contribution in [2.24, 2.45) is 0 Å². The molecule has 4 aromatic carbocycles. The van der Waals surface area contributed by atoms with Crippen molar-refractivity contribution >= 4 is 26.5 Å². The summed E-state index contributed by atoms with van der Waals surface area (Å²) in [6, 6.07) is 25.3. The van der Waals surface area contributed by atoms with Crippen molar-refractivity contribution in [3.05, 3.63) is 95.6 Å². The Hall–Kier alpha value is -3.55. The molecule has 0 saturated heterocycles. The molecular weight excluding hydrogens is 520 g/mol. The molecule has 6 nitrogen and oxygen atoms in total. The van der Waals surface area contributed by atoms with Crippen molar-refractivity contribution in [3.8, 4) is 11.5 Å². The van der Waals surface area contributed by atoms with Crippen LogP contribution in [-0.4, -0.2) is 45.9 Å². The van der Waals surface area contributed by atoms with Crippen LogP contribution in [-0.2, 0) is 16.6 Å². The second-order valence-electron chi connectivity index (χ2n) is 10.8. The van der Waals surface area contributed by atoms with Crippen molar-refractivity contribution in [2.45, 2.75) is 45.6 Å². The Bertz CT molecular complexity index is 1590. The Labute approximate surface area is 238 Å². The fraction of sp³-hybridized carbons (Fsp3) is 0.333. The number of benzene rings is 4. The van der Waals surface area contributed by atoms with Gasteiger partial charge in [-0.3, -0.25) is 4.31 Å². The van der Waals surface area contributed by atoms with Gasteiger partial charge in [0.15, 0.2) is 11.5 Å². The van der Waals surface area contributed by atoms with E-state index in [1.54, 1.807) is 24.3 Å². The second-order valence-corrected chi connectivity index (χ2v) is 12.7. The van der Waals surface area contributed by atoms with Gasteiger partial charge in [0.25, 0.3) is 10.0 Å². The Morgan fingerprint density at radius 1 is 0.800 bits per heavy atom. The quantitative estimate of drug-likeness (QED) is 0.189. The SMILES string of the molecule is CC[N+](CC)(CCCN(c1ccc2c(c1)OCO2)S(=O)(=O)c1ccc2ccccc2c1)Cc1cc(C)cc(C)c1. The minimum atomic E-state index is -3.83. The summed E-state index contributed by atoms with van der Waals surface area (Å²) in [5.74, 6) is 1.20. The van der Waals surface area contributed by atoms with Gasteiger partial charge in [0, 0.05) is 24.6 Å². The molecule has 0 fully saturated rings. The molecular formula is C33H39N2O4S+. The van der Waals surface area contributed by atoms with Crippen LogP contribution in [0, 0.1) is 13.8 Å². The molecule has 40 heavy (non-hydrogen) atoms. The fourth-order valence-corrected chi connectivity index (χ4v) is 7.35. The van der Waals surface area contributed by atoms with Crippen molar-refractivity contribution in [1.82, 2.24) is 0 Å². The Morgan fingerprint density at radius 2 is 1.50 bits per heavy atom. The van der Waals surface area contributed by atoms with E-state index >= 15 is 0 Å². The zero-order valence-corrected chi connectivity index (χ0v) is 24.7. The van der Waals surface area contributed by atoms with Crippen LogP contribution in [0.3, 0.4) is 0 Å². The van der Waals surface area contributed by atoms with Gasteiger partial charge >= 0.3 is 0 Å². The number of hydrogen-bond acceptors (Lipinski definition) is 4. The second kappa shape index (κ2) is 11.5. The minimum absolute atomic E-state index is 0.141. The summed E-state index contributed by atoms with van der Waals surface area (Å²) in [7, 11) is -3.83. The van der Waals surface area contributed by atoms with Gasteiger partial charge in [0.2, 0.25) is 6.79 Å². The lowest BCUT2D eigenvalue weighted by atomic mass is 10.1. The lowest BCUT2D eigenvalue weighted by Gasteiger charge is -2.38. The van der Waals surface area contributed by atoms with Gasteiger partial charge in [-0.15, -0.1) is 0 Å². The zero-order valence-electron chi connectivity index (χ0n) is 23.9. The van der Waals surface area contributed by atoms with Crippen molar-refractivity contribution in [2.75, 3.05) is 37.3 Å². The summed E-state index contributed by atoms with van der Waals surface area (Å²) in [4.78, 5) is 0.283. The highest BCUT2D eigenvalue weighted by Gasteiger charge is 2.29. The van der Waals surface area contributed by atoms with E-state index in [-0.39, 0.29) is 11.7 Å². The zero-order chi connectivity index (χ0) is 28.3. The lowest BCUT2D eigenvalue weighted by Crippen LogP contribution is -2.48. The van der Waals surface area contributed by atoms with E-state index in [2.05, 4.69) is 45.9 Å². The van der Waals surface area contributed by atoms with Crippen LogP contribution >= 0.6 is 0 Å². The summed E-state index contributed by atoms with van der Waals surface area (Å²) in [6.45, 7) is 13.0. The van der Waals surface area contributed by atoms with Crippen LogP contribution in [0.15, 0.2) is 83.8 Å². The van der Waals surface area contributed by atoms with Crippen molar-refractivity contribution in [1.29, 1.82) is 0 Å². The number of quaternary nitrogens is 1. The molecule has 0 unspecified atom stereocenters. The van der Waals surface area contributed by atoms with Crippen molar-refractivity contribution in [3.63, 3.8) is 0 Å². The van der Waals surface area contributed by atoms with Gasteiger partial charge < -0.3 is 14.0 Å². The van der Waals surface area contributed by atoms with E-state index in [4.69, 9.17) is 9.47 Å². The third-order valence-corrected chi connectivity index (χ3v) is 9.91. The molecule has 0 amide bonds. The van der Waals surface area contributed by atoms with E-state index in [0.29, 0.717) is 30.2 Å². The van der Waals surface area contributed by atoms with Gasteiger partial charge in [-0.05, 0) is 62.7 Å². The first-order valence-electron chi connectivity index (χ1n) is 14.1. The summed E-state index contributed by atoms with van der Waals surface area (Å²) in [6.07, 6.45) is 0.716. The molecule has 0 N–H and O–H groups in total. The summed E-state index contributed by atoms with van der Waals surface area (Å²) < 4.78 is 41.9. The number of fused-ring (bicyclic) bond motifs is 2. The van der Waals surface area contributed by atoms with Crippen molar-refractivity contribution < 1.29 is 22.4 Å². The highest BCUT2D eigenvalue weighted by Crippen LogP contribution is 2.37. The molecule has 210 valence electrons. The standard InChI is InChI=1S/C33H39N2O4S/c1-5-35(6-2,23-27-19-25(3)18-26(4)20-27)17-9-16-34(30-13-15-32-33(22-30)39-24-38-32)40(36,37)31-14-12-28-10-7-8-11-29(28)21-31/h7-8,10-15,18-22H,5-6,9,16-17,23-24H2,1-4H3/q+1. The lowest BCUT2D eigenvalue weighted by molar-refractivity contribution is -0.937. The maximum absolute atomic E-state index is 14.2. The first-order chi connectivity index (χ1) is 19.2. The Morgan fingerprint density at radius 3 is 2.23 bits per heavy atom. The minimum Gasteiger partial charge on any atom is -0.454 e. The average Bonchev–Trinajstić information content (AvgIpc) is 3.42. The number of anilines is 1. The largest absolute Gasteiger partial charge is 0.454 e. The number of sulfonamides is 1. The van der Waals surface area contributed by atoms with Crippen LogP contribution in [0.2, 0.25) is 0 Å². The third kappa shape index (κ3) is 5.81. The molecule has 1 aliphatic rings. The molecule has 0 bridgehead atoms. The monoisotopic (exact) mass is 559 g/mol. The van der Waals surface area contributed by atoms with E-state index < -0.39 is 10.0 Å². The molecule has 1 heterocycles. The summed E-state index contributed by atoms with van der Waals surface area (Å²) >= 11 is 0. The summed E-state index contributed by atoms with van der Waals surface area (Å²) in [5.41, 5.74) is 4.46. The average molecular weight is 560 g/mol. The fourth-order valence-electron chi connectivity index (χ4n) is 5.82. The molecule has 0 spiro atoms. The number of aryl methyl sites for hydroxylation is 2. The van der Waals surface area contributed by atoms with E-state index in [9.17, 15) is 8.42 Å². The predicted octanol–water partition coefficient (Wildman–Crippen LogP) is 6.83. The van der Waals surface area contributed by atoms with Gasteiger partial charge in [0.05, 0.1) is 30.2 Å². The highest BCUT2D eigenvalue weighted by atomic mass is 32.2. The summed E-state index contributed by atoms with van der Waals surface area (Å²) in [5, 5.41) is 1.91. The molecule has 0 radical (unpaired) electrons. The van der Waals surface area contributed by atoms with Crippen LogP contribution in [0.25, 0.3) is 10.8 Å². The van der Waals surface area contributed by atoms with E-state index in [1.807, 2.05) is 36.4 Å². The van der Waals surface area contributed by atoms with E-state index in [0.717, 1.165) is 41.4 Å². The maximum atomic E-state index is 14.2. The number of hydrogen-bond donors (Lipinski definition) is 0. The molecule has 0 aliphatic carbocycles. The highest BCUT2D eigenvalue weighted by molar-refractivity contribution is 7.92. The number of ether oxygens (including phenoxy) is 2. The third-order valence-electron chi connectivity index (χ3n) is 8.09. The molecule has 0 saturated carbocycles. The normalized spacial score (nSPS) is 13.1.